The van der Waals surface area contributed by atoms with E-state index in [9.17, 15) is 5.11 Å². The smallest absolute Gasteiger partial charge is 0.214 e. The minimum Gasteiger partial charge on any atom is -0.396 e. The summed E-state index contributed by atoms with van der Waals surface area (Å²) in [7, 11) is 0. The quantitative estimate of drug-likeness (QED) is 0.469. The minimum atomic E-state index is -0.734. The zero-order valence-corrected chi connectivity index (χ0v) is 15.4. The molecule has 0 radical (unpaired) electrons. The summed E-state index contributed by atoms with van der Waals surface area (Å²) in [5, 5.41) is 11.4. The number of aromatic nitrogens is 2. The third-order valence-corrected chi connectivity index (χ3v) is 5.69. The van der Waals surface area contributed by atoms with Gasteiger partial charge in [-0.3, -0.25) is 5.01 Å². The molecule has 7 nitrogen and oxygen atoms in total. The largest absolute Gasteiger partial charge is 0.396 e. The van der Waals surface area contributed by atoms with Gasteiger partial charge >= 0.3 is 0 Å². The topological polar surface area (TPSA) is 90.9 Å². The fourth-order valence-electron chi connectivity index (χ4n) is 3.52. The number of likely N-dealkylation sites (tertiary alicyclic amines) is 1. The van der Waals surface area contributed by atoms with Crippen molar-refractivity contribution in [2.75, 3.05) is 24.7 Å². The highest BCUT2D eigenvalue weighted by atomic mass is 35.5. The summed E-state index contributed by atoms with van der Waals surface area (Å²) in [6.07, 6.45) is 5.49. The number of hydrogen-bond donors (Lipinski definition) is 2. The van der Waals surface area contributed by atoms with Gasteiger partial charge in [-0.1, -0.05) is 36.0 Å². The van der Waals surface area contributed by atoms with Gasteiger partial charge in [0.25, 0.3) is 0 Å². The van der Waals surface area contributed by atoms with Crippen molar-refractivity contribution in [3.8, 4) is 0 Å². The molecule has 1 aromatic heterocycles. The van der Waals surface area contributed by atoms with Crippen LogP contribution in [0.5, 0.6) is 0 Å². The van der Waals surface area contributed by atoms with Gasteiger partial charge in [-0.05, 0) is 25.2 Å². The molecule has 9 heteroatoms. The van der Waals surface area contributed by atoms with Crippen molar-refractivity contribution in [2.45, 2.75) is 43.6 Å². The Labute approximate surface area is 156 Å². The third kappa shape index (κ3) is 3.30. The second kappa shape index (κ2) is 6.87. The van der Waals surface area contributed by atoms with E-state index in [1.165, 1.54) is 17.9 Å². The van der Waals surface area contributed by atoms with Gasteiger partial charge in [0.05, 0.1) is 12.3 Å². The van der Waals surface area contributed by atoms with Crippen molar-refractivity contribution in [1.82, 2.24) is 14.9 Å². The van der Waals surface area contributed by atoms with Gasteiger partial charge in [0, 0.05) is 19.0 Å². The first kappa shape index (κ1) is 17.3. The molecule has 0 bridgehead atoms. The molecule has 1 aliphatic carbocycles. The number of hydrazine groups is 1. The summed E-state index contributed by atoms with van der Waals surface area (Å²) in [4.78, 5) is 15.9. The van der Waals surface area contributed by atoms with E-state index in [-0.39, 0.29) is 12.5 Å². The number of hydrogen-bond acceptors (Lipinski definition) is 7. The molecule has 3 heterocycles. The second-order valence-electron chi connectivity index (χ2n) is 7.00. The van der Waals surface area contributed by atoms with E-state index in [4.69, 9.17) is 29.0 Å². The molecular weight excluding hydrogens is 363 g/mol. The predicted octanol–water partition coefficient (Wildman–Crippen LogP) is 2.06. The molecule has 136 valence electrons. The van der Waals surface area contributed by atoms with E-state index in [0.717, 1.165) is 32.4 Å². The number of anilines is 1. The number of halogens is 2. The number of nitrogens with zero attached hydrogens (tertiary/aromatic N) is 5. The molecule has 3 N–H and O–H groups in total. The highest BCUT2D eigenvalue weighted by molar-refractivity contribution is 6.30. The summed E-state index contributed by atoms with van der Waals surface area (Å²) in [6.45, 7) is 1.81. The molecule has 1 saturated carbocycles. The van der Waals surface area contributed by atoms with Gasteiger partial charge in [-0.15, -0.1) is 0 Å². The van der Waals surface area contributed by atoms with Crippen LogP contribution in [-0.4, -0.2) is 51.1 Å². The first-order valence-electron chi connectivity index (χ1n) is 8.78. The number of amidine groups is 1. The first-order chi connectivity index (χ1) is 12.1. The Bertz CT molecular complexity index is 689. The zero-order valence-electron chi connectivity index (χ0n) is 13.9. The lowest BCUT2D eigenvalue weighted by molar-refractivity contribution is 0.252. The zero-order chi connectivity index (χ0) is 17.6. The van der Waals surface area contributed by atoms with Crippen molar-refractivity contribution in [3.63, 3.8) is 0 Å². The van der Waals surface area contributed by atoms with Gasteiger partial charge in [0.15, 0.2) is 22.5 Å². The van der Waals surface area contributed by atoms with E-state index in [1.807, 2.05) is 0 Å². The Morgan fingerprint density at radius 1 is 1.24 bits per heavy atom. The Balaban J connectivity index is 1.73. The number of aliphatic imine (C=N–C) groups is 1. The van der Waals surface area contributed by atoms with Crippen LogP contribution in [0.2, 0.25) is 5.15 Å². The maximum atomic E-state index is 9.80. The van der Waals surface area contributed by atoms with E-state index in [1.54, 1.807) is 0 Å². The highest BCUT2D eigenvalue weighted by Gasteiger charge is 2.35. The maximum Gasteiger partial charge on any atom is 0.214 e. The summed E-state index contributed by atoms with van der Waals surface area (Å²) in [5.74, 6) is 7.79. The fraction of sp³-hybridized carbons (Fsp3) is 0.688. The number of alkyl halides is 1. The Morgan fingerprint density at radius 3 is 2.60 bits per heavy atom. The fourth-order valence-corrected chi connectivity index (χ4v) is 3.99. The van der Waals surface area contributed by atoms with E-state index < -0.39 is 5.62 Å². The SMILES string of the molecule is NN1c2nc(C(CO)CC3CC3)c(Cl)nc2C(N2CCCC2)=NC1Cl. The lowest BCUT2D eigenvalue weighted by atomic mass is 9.99. The van der Waals surface area contributed by atoms with Crippen molar-refractivity contribution in [2.24, 2.45) is 16.8 Å². The normalized spacial score (nSPS) is 24.3. The molecule has 2 aliphatic heterocycles. The van der Waals surface area contributed by atoms with Crippen LogP contribution >= 0.6 is 23.2 Å². The summed E-state index contributed by atoms with van der Waals surface area (Å²) < 4.78 is 0. The molecule has 4 rings (SSSR count). The Morgan fingerprint density at radius 2 is 1.96 bits per heavy atom. The molecule has 1 saturated heterocycles. The molecular formula is C16H22Cl2N6O. The monoisotopic (exact) mass is 384 g/mol. The van der Waals surface area contributed by atoms with Crippen molar-refractivity contribution in [3.05, 3.63) is 16.5 Å². The first-order valence-corrected chi connectivity index (χ1v) is 9.59. The average molecular weight is 385 g/mol. The van der Waals surface area contributed by atoms with Crippen molar-refractivity contribution in [1.29, 1.82) is 0 Å². The van der Waals surface area contributed by atoms with Crippen molar-refractivity contribution < 1.29 is 5.11 Å². The van der Waals surface area contributed by atoms with Gasteiger partial charge in [0.1, 0.15) is 0 Å². The van der Waals surface area contributed by atoms with Crippen LogP contribution in [0.3, 0.4) is 0 Å². The van der Waals surface area contributed by atoms with Gasteiger partial charge in [-0.25, -0.2) is 20.8 Å². The van der Waals surface area contributed by atoms with Crippen LogP contribution in [0.25, 0.3) is 0 Å². The second-order valence-corrected chi connectivity index (χ2v) is 7.74. The summed E-state index contributed by atoms with van der Waals surface area (Å²) in [6, 6.07) is 0. The minimum absolute atomic E-state index is 0.00830. The van der Waals surface area contributed by atoms with Crippen molar-refractivity contribution >= 4 is 34.9 Å². The lowest BCUT2D eigenvalue weighted by Crippen LogP contribution is -2.46. The average Bonchev–Trinajstić information content (AvgIpc) is 3.26. The van der Waals surface area contributed by atoms with Crippen LogP contribution in [0.4, 0.5) is 5.82 Å². The standard InChI is InChI=1S/C16H22Cl2N6O/c17-13-11(10(8-25)7-9-3-4-9)21-15-12(20-13)14(22-16(18)24(15)19)23-5-1-2-6-23/h9-10,16,25H,1-8,19H2. The van der Waals surface area contributed by atoms with Gasteiger partial charge < -0.3 is 10.0 Å². The molecule has 2 fully saturated rings. The number of aliphatic hydroxyl groups excluding tert-OH is 1. The van der Waals surface area contributed by atoms with E-state index >= 15 is 0 Å². The number of fused-ring (bicyclic) bond motifs is 1. The van der Waals surface area contributed by atoms with Crippen LogP contribution in [0.1, 0.15) is 49.4 Å². The van der Waals surface area contributed by atoms with Crippen LogP contribution in [0.15, 0.2) is 4.99 Å². The highest BCUT2D eigenvalue weighted by Crippen LogP contribution is 2.40. The number of nitrogens with two attached hydrogens (primary N) is 1. The molecule has 3 aliphatic rings. The molecule has 0 spiro atoms. The third-order valence-electron chi connectivity index (χ3n) is 5.10. The molecule has 0 amide bonds. The van der Waals surface area contributed by atoms with Gasteiger partial charge in [0.2, 0.25) is 5.62 Å². The van der Waals surface area contributed by atoms with Crippen LogP contribution < -0.4 is 10.9 Å². The number of aliphatic hydroxyl groups is 1. The van der Waals surface area contributed by atoms with E-state index in [2.05, 4.69) is 19.9 Å². The van der Waals surface area contributed by atoms with Gasteiger partial charge in [-0.2, -0.15) is 0 Å². The molecule has 2 atom stereocenters. The van der Waals surface area contributed by atoms with Crippen LogP contribution in [-0.2, 0) is 0 Å². The lowest BCUT2D eigenvalue weighted by Gasteiger charge is -2.32. The summed E-state index contributed by atoms with van der Waals surface area (Å²) >= 11 is 12.7. The van der Waals surface area contributed by atoms with E-state index in [0.29, 0.717) is 34.1 Å². The number of rotatable bonds is 4. The molecule has 25 heavy (non-hydrogen) atoms. The predicted molar refractivity (Wildman–Crippen MR) is 97.9 cm³/mol. The molecule has 2 unspecified atom stereocenters. The maximum absolute atomic E-state index is 9.80. The molecule has 0 aromatic carbocycles. The Kier molecular flexibility index (Phi) is 4.75. The van der Waals surface area contributed by atoms with Crippen LogP contribution in [0, 0.1) is 5.92 Å². The molecule has 1 aromatic rings. The summed E-state index contributed by atoms with van der Waals surface area (Å²) in [5.41, 5.74) is 0.428. The Hall–Kier alpha value is -1.15.